The summed E-state index contributed by atoms with van der Waals surface area (Å²) in [5.74, 6) is -0.523. The summed E-state index contributed by atoms with van der Waals surface area (Å²) in [5.41, 5.74) is 2.30. The minimum absolute atomic E-state index is 0.0937. The summed E-state index contributed by atoms with van der Waals surface area (Å²) in [4.78, 5) is 13.6. The number of carbonyl (C=O) groups excluding carboxylic acids is 1. The SMILES string of the molecule is CC(=O)N(CCNS(=O)(=O)c1cc(C)ccc1C)Cc1ccc(F)cc1. The molecule has 0 heterocycles. The molecule has 140 valence electrons. The van der Waals surface area contributed by atoms with Gasteiger partial charge in [0.05, 0.1) is 4.90 Å². The van der Waals surface area contributed by atoms with Gasteiger partial charge in [0, 0.05) is 26.6 Å². The zero-order valence-electron chi connectivity index (χ0n) is 15.1. The van der Waals surface area contributed by atoms with Gasteiger partial charge in [0.25, 0.3) is 0 Å². The number of hydrogen-bond acceptors (Lipinski definition) is 3. The number of sulfonamides is 1. The zero-order chi connectivity index (χ0) is 19.3. The Balaban J connectivity index is 2.01. The molecule has 0 aliphatic heterocycles. The van der Waals surface area contributed by atoms with E-state index in [4.69, 9.17) is 0 Å². The van der Waals surface area contributed by atoms with Gasteiger partial charge in [0.15, 0.2) is 0 Å². The summed E-state index contributed by atoms with van der Waals surface area (Å²) < 4.78 is 40.5. The number of halogens is 1. The lowest BCUT2D eigenvalue weighted by molar-refractivity contribution is -0.129. The van der Waals surface area contributed by atoms with Gasteiger partial charge >= 0.3 is 0 Å². The first kappa shape index (κ1) is 20.1. The third kappa shape index (κ3) is 5.37. The monoisotopic (exact) mass is 378 g/mol. The molecule has 0 atom stereocenters. The third-order valence-corrected chi connectivity index (χ3v) is 5.64. The molecule has 0 aliphatic rings. The number of amides is 1. The van der Waals surface area contributed by atoms with Crippen molar-refractivity contribution in [3.63, 3.8) is 0 Å². The van der Waals surface area contributed by atoms with Crippen molar-refractivity contribution in [1.29, 1.82) is 0 Å². The van der Waals surface area contributed by atoms with Crippen molar-refractivity contribution in [2.75, 3.05) is 13.1 Å². The van der Waals surface area contributed by atoms with E-state index in [9.17, 15) is 17.6 Å². The first-order valence-corrected chi connectivity index (χ1v) is 9.74. The lowest BCUT2D eigenvalue weighted by atomic mass is 10.2. The molecule has 0 saturated carbocycles. The first-order valence-electron chi connectivity index (χ1n) is 8.26. The molecule has 1 amide bonds. The predicted octanol–water partition coefficient (Wildman–Crippen LogP) is 2.77. The predicted molar refractivity (Wildman–Crippen MR) is 98.6 cm³/mol. The van der Waals surface area contributed by atoms with E-state index in [-0.39, 0.29) is 29.7 Å². The molecule has 0 radical (unpaired) electrons. The maximum atomic E-state index is 13.0. The summed E-state index contributed by atoms with van der Waals surface area (Å²) >= 11 is 0. The van der Waals surface area contributed by atoms with Crippen molar-refractivity contribution in [3.05, 3.63) is 65.0 Å². The fraction of sp³-hybridized carbons (Fsp3) is 0.316. The highest BCUT2D eigenvalue weighted by Crippen LogP contribution is 2.16. The largest absolute Gasteiger partial charge is 0.337 e. The van der Waals surface area contributed by atoms with Crippen LogP contribution in [0.3, 0.4) is 0 Å². The number of rotatable bonds is 7. The highest BCUT2D eigenvalue weighted by atomic mass is 32.2. The topological polar surface area (TPSA) is 66.5 Å². The van der Waals surface area contributed by atoms with Crippen molar-refractivity contribution >= 4 is 15.9 Å². The lowest BCUT2D eigenvalue weighted by Crippen LogP contribution is -2.37. The van der Waals surface area contributed by atoms with E-state index < -0.39 is 10.0 Å². The van der Waals surface area contributed by atoms with Crippen LogP contribution in [-0.4, -0.2) is 32.3 Å². The van der Waals surface area contributed by atoms with Gasteiger partial charge in [-0.25, -0.2) is 17.5 Å². The summed E-state index contributed by atoms with van der Waals surface area (Å²) in [7, 11) is -3.65. The number of aryl methyl sites for hydroxylation is 2. The van der Waals surface area contributed by atoms with Crippen molar-refractivity contribution < 1.29 is 17.6 Å². The van der Waals surface area contributed by atoms with Crippen LogP contribution in [0.15, 0.2) is 47.4 Å². The average molecular weight is 378 g/mol. The van der Waals surface area contributed by atoms with Crippen LogP contribution >= 0.6 is 0 Å². The first-order chi connectivity index (χ1) is 12.2. The molecule has 0 bridgehead atoms. The number of hydrogen-bond donors (Lipinski definition) is 1. The smallest absolute Gasteiger partial charge is 0.240 e. The minimum Gasteiger partial charge on any atom is -0.337 e. The molecule has 1 N–H and O–H groups in total. The maximum Gasteiger partial charge on any atom is 0.240 e. The van der Waals surface area contributed by atoms with E-state index in [0.717, 1.165) is 11.1 Å². The van der Waals surface area contributed by atoms with Crippen LogP contribution in [-0.2, 0) is 21.4 Å². The van der Waals surface area contributed by atoms with Gasteiger partial charge in [-0.1, -0.05) is 24.3 Å². The maximum absolute atomic E-state index is 13.0. The van der Waals surface area contributed by atoms with Crippen LogP contribution in [0, 0.1) is 19.7 Å². The molecular formula is C19H23FN2O3S. The summed E-state index contributed by atoms with van der Waals surface area (Å²) in [5, 5.41) is 0. The van der Waals surface area contributed by atoms with Gasteiger partial charge in [0.1, 0.15) is 5.82 Å². The van der Waals surface area contributed by atoms with Gasteiger partial charge in [-0.2, -0.15) is 0 Å². The number of nitrogens with zero attached hydrogens (tertiary/aromatic N) is 1. The Labute approximate surface area is 153 Å². The van der Waals surface area contributed by atoms with Crippen LogP contribution in [0.4, 0.5) is 4.39 Å². The summed E-state index contributed by atoms with van der Waals surface area (Å²) in [6.07, 6.45) is 0. The van der Waals surface area contributed by atoms with Gasteiger partial charge in [0.2, 0.25) is 15.9 Å². The molecule has 7 heteroatoms. The number of carbonyl (C=O) groups is 1. The van der Waals surface area contributed by atoms with E-state index in [0.29, 0.717) is 12.1 Å². The standard InChI is InChI=1S/C19H23FN2O3S/c1-14-4-5-15(2)19(12-14)26(24,25)21-10-11-22(16(3)23)13-17-6-8-18(20)9-7-17/h4-9,12,21H,10-11,13H2,1-3H3. The van der Waals surface area contributed by atoms with Crippen molar-refractivity contribution in [2.45, 2.75) is 32.2 Å². The zero-order valence-corrected chi connectivity index (χ0v) is 15.9. The minimum atomic E-state index is -3.65. The Morgan fingerprint density at radius 2 is 1.77 bits per heavy atom. The van der Waals surface area contributed by atoms with Crippen LogP contribution in [0.2, 0.25) is 0 Å². The van der Waals surface area contributed by atoms with Gasteiger partial charge < -0.3 is 4.90 Å². The molecule has 26 heavy (non-hydrogen) atoms. The molecule has 0 saturated heterocycles. The van der Waals surface area contributed by atoms with Gasteiger partial charge in [-0.15, -0.1) is 0 Å². The Morgan fingerprint density at radius 3 is 2.38 bits per heavy atom. The molecule has 0 aromatic heterocycles. The fourth-order valence-electron chi connectivity index (χ4n) is 2.55. The Hall–Kier alpha value is -2.25. The molecule has 0 fully saturated rings. The molecule has 5 nitrogen and oxygen atoms in total. The van der Waals surface area contributed by atoms with Crippen molar-refractivity contribution in [1.82, 2.24) is 9.62 Å². The van der Waals surface area contributed by atoms with Gasteiger partial charge in [-0.05, 0) is 48.7 Å². The van der Waals surface area contributed by atoms with E-state index in [1.54, 1.807) is 31.2 Å². The summed E-state index contributed by atoms with van der Waals surface area (Å²) in [6.45, 7) is 5.60. The molecular weight excluding hydrogens is 355 g/mol. The lowest BCUT2D eigenvalue weighted by Gasteiger charge is -2.21. The fourth-order valence-corrected chi connectivity index (χ4v) is 3.90. The van der Waals surface area contributed by atoms with Crippen LogP contribution in [0.5, 0.6) is 0 Å². The van der Waals surface area contributed by atoms with Crippen molar-refractivity contribution in [3.8, 4) is 0 Å². The van der Waals surface area contributed by atoms with E-state index in [2.05, 4.69) is 4.72 Å². The molecule has 2 aromatic rings. The van der Waals surface area contributed by atoms with Crippen LogP contribution in [0.25, 0.3) is 0 Å². The third-order valence-electron chi connectivity index (χ3n) is 4.04. The Bertz CT molecular complexity index is 880. The van der Waals surface area contributed by atoms with E-state index >= 15 is 0 Å². The number of benzene rings is 2. The quantitative estimate of drug-likeness (QED) is 0.806. The van der Waals surface area contributed by atoms with Gasteiger partial charge in [-0.3, -0.25) is 4.79 Å². The second-order valence-electron chi connectivity index (χ2n) is 6.23. The van der Waals surface area contributed by atoms with Crippen LogP contribution in [0.1, 0.15) is 23.6 Å². The van der Waals surface area contributed by atoms with Crippen LogP contribution < -0.4 is 4.72 Å². The molecule has 0 spiro atoms. The Kier molecular flexibility index (Phi) is 6.50. The molecule has 2 aromatic carbocycles. The molecule has 0 unspecified atom stereocenters. The second kappa shape index (κ2) is 8.42. The van der Waals surface area contributed by atoms with E-state index in [1.807, 2.05) is 13.0 Å². The molecule has 0 aliphatic carbocycles. The Morgan fingerprint density at radius 1 is 1.12 bits per heavy atom. The normalized spacial score (nSPS) is 11.4. The highest BCUT2D eigenvalue weighted by Gasteiger charge is 2.17. The average Bonchev–Trinajstić information content (AvgIpc) is 2.57. The second-order valence-corrected chi connectivity index (χ2v) is 7.97. The highest BCUT2D eigenvalue weighted by molar-refractivity contribution is 7.89. The number of nitrogens with one attached hydrogen (secondary N) is 1. The molecule has 2 rings (SSSR count). The van der Waals surface area contributed by atoms with E-state index in [1.165, 1.54) is 24.0 Å². The summed E-state index contributed by atoms with van der Waals surface area (Å²) in [6, 6.07) is 11.1. The van der Waals surface area contributed by atoms with Crippen molar-refractivity contribution in [2.24, 2.45) is 0 Å².